The number of nitriles is 1. The molecule has 5 heteroatoms. The van der Waals surface area contributed by atoms with Gasteiger partial charge in [-0.05, 0) is 19.8 Å². The lowest BCUT2D eigenvalue weighted by molar-refractivity contribution is -0.130. The Bertz CT molecular complexity index is 343. The Labute approximate surface area is 105 Å². The highest BCUT2D eigenvalue weighted by atomic mass is 32.2. The summed E-state index contributed by atoms with van der Waals surface area (Å²) in [6.45, 7) is 1.83. The third-order valence-electron chi connectivity index (χ3n) is 3.22. The summed E-state index contributed by atoms with van der Waals surface area (Å²) in [5.41, 5.74) is -0.845. The van der Waals surface area contributed by atoms with Gasteiger partial charge in [-0.3, -0.25) is 9.00 Å². The molecule has 0 heterocycles. The van der Waals surface area contributed by atoms with Crippen molar-refractivity contribution in [1.82, 2.24) is 5.32 Å². The molecule has 1 N–H and O–H groups in total. The molecule has 1 saturated carbocycles. The van der Waals surface area contributed by atoms with Crippen LogP contribution in [0.5, 0.6) is 0 Å². The van der Waals surface area contributed by atoms with E-state index in [1.807, 2.05) is 6.92 Å². The second kappa shape index (κ2) is 6.15. The lowest BCUT2D eigenvalue weighted by Crippen LogP contribution is -2.46. The summed E-state index contributed by atoms with van der Waals surface area (Å²) in [5.74, 6) is 0.255. The molecule has 2 atom stereocenters. The number of carbonyl (C=O) groups is 1. The monoisotopic (exact) mass is 256 g/mol. The van der Waals surface area contributed by atoms with Crippen LogP contribution in [0, 0.1) is 16.7 Å². The van der Waals surface area contributed by atoms with E-state index in [4.69, 9.17) is 0 Å². The van der Waals surface area contributed by atoms with Crippen LogP contribution in [-0.4, -0.2) is 28.2 Å². The van der Waals surface area contributed by atoms with Gasteiger partial charge in [-0.1, -0.05) is 19.3 Å². The lowest BCUT2D eigenvalue weighted by atomic mass is 9.74. The number of hydrogen-bond acceptors (Lipinski definition) is 3. The molecule has 1 aliphatic carbocycles. The van der Waals surface area contributed by atoms with E-state index in [1.165, 1.54) is 0 Å². The Balaban J connectivity index is 2.61. The van der Waals surface area contributed by atoms with Gasteiger partial charge in [0.2, 0.25) is 5.91 Å². The first-order valence-electron chi connectivity index (χ1n) is 6.02. The summed E-state index contributed by atoms with van der Waals surface area (Å²) < 4.78 is 11.1. The van der Waals surface area contributed by atoms with Crippen molar-refractivity contribution >= 4 is 16.7 Å². The van der Waals surface area contributed by atoms with Crippen molar-refractivity contribution in [2.75, 3.05) is 12.0 Å². The highest BCUT2D eigenvalue weighted by Gasteiger charge is 2.40. The maximum atomic E-state index is 12.1. The summed E-state index contributed by atoms with van der Waals surface area (Å²) >= 11 is 0. The summed E-state index contributed by atoms with van der Waals surface area (Å²) in [5, 5.41) is 12.1. The maximum Gasteiger partial charge on any atom is 0.240 e. The van der Waals surface area contributed by atoms with Crippen molar-refractivity contribution in [3.63, 3.8) is 0 Å². The van der Waals surface area contributed by atoms with Gasteiger partial charge >= 0.3 is 0 Å². The zero-order valence-corrected chi connectivity index (χ0v) is 11.3. The molecule has 17 heavy (non-hydrogen) atoms. The van der Waals surface area contributed by atoms with Crippen LogP contribution in [-0.2, 0) is 15.6 Å². The molecule has 0 aliphatic heterocycles. The topological polar surface area (TPSA) is 70.0 Å². The van der Waals surface area contributed by atoms with Crippen molar-refractivity contribution < 1.29 is 9.00 Å². The fourth-order valence-corrected chi connectivity index (χ4v) is 3.09. The molecule has 0 bridgehead atoms. The van der Waals surface area contributed by atoms with Crippen LogP contribution in [0.15, 0.2) is 0 Å². The van der Waals surface area contributed by atoms with Crippen LogP contribution < -0.4 is 5.32 Å². The smallest absolute Gasteiger partial charge is 0.240 e. The Morgan fingerprint density at radius 2 is 2.06 bits per heavy atom. The van der Waals surface area contributed by atoms with Crippen molar-refractivity contribution in [2.45, 2.75) is 45.1 Å². The molecule has 0 saturated heterocycles. The highest BCUT2D eigenvalue weighted by Crippen LogP contribution is 2.35. The van der Waals surface area contributed by atoms with Gasteiger partial charge in [0.15, 0.2) is 0 Å². The van der Waals surface area contributed by atoms with Crippen molar-refractivity contribution in [3.05, 3.63) is 0 Å². The molecule has 2 unspecified atom stereocenters. The van der Waals surface area contributed by atoms with E-state index in [-0.39, 0.29) is 11.9 Å². The standard InChI is InChI=1S/C12H20N2O2S/c1-10(8-17(2)16)14-11(15)12(9-13)6-4-3-5-7-12/h10H,3-8H2,1-2H3,(H,14,15). The Morgan fingerprint density at radius 1 is 1.47 bits per heavy atom. The number of amides is 1. The first-order valence-corrected chi connectivity index (χ1v) is 7.75. The summed E-state index contributed by atoms with van der Waals surface area (Å²) in [6, 6.07) is 2.05. The minimum Gasteiger partial charge on any atom is -0.351 e. The average molecular weight is 256 g/mol. The molecule has 0 aromatic rings. The molecule has 0 radical (unpaired) electrons. The Kier molecular flexibility index (Phi) is 5.13. The van der Waals surface area contributed by atoms with Crippen LogP contribution >= 0.6 is 0 Å². The van der Waals surface area contributed by atoms with E-state index >= 15 is 0 Å². The quantitative estimate of drug-likeness (QED) is 0.825. The third-order valence-corrected chi connectivity index (χ3v) is 4.19. The van der Waals surface area contributed by atoms with Gasteiger partial charge in [0.1, 0.15) is 5.41 Å². The number of nitrogens with zero attached hydrogens (tertiary/aromatic N) is 1. The molecule has 0 spiro atoms. The van der Waals surface area contributed by atoms with Crippen LogP contribution in [0.4, 0.5) is 0 Å². The molecule has 1 rings (SSSR count). The molecule has 1 fully saturated rings. The van der Waals surface area contributed by atoms with Gasteiger partial charge in [0, 0.05) is 28.9 Å². The minimum atomic E-state index is -0.930. The number of rotatable bonds is 4. The summed E-state index contributed by atoms with van der Waals surface area (Å²) in [6.07, 6.45) is 5.90. The van der Waals surface area contributed by atoms with E-state index in [9.17, 15) is 14.3 Å². The van der Waals surface area contributed by atoms with E-state index < -0.39 is 16.2 Å². The summed E-state index contributed by atoms with van der Waals surface area (Å²) in [4.78, 5) is 12.1. The third kappa shape index (κ3) is 3.81. The van der Waals surface area contributed by atoms with Crippen LogP contribution in [0.2, 0.25) is 0 Å². The van der Waals surface area contributed by atoms with E-state index in [2.05, 4.69) is 11.4 Å². The number of carbonyl (C=O) groups excluding carboxylic acids is 1. The van der Waals surface area contributed by atoms with E-state index in [0.29, 0.717) is 18.6 Å². The average Bonchev–Trinajstić information content (AvgIpc) is 2.28. The first kappa shape index (κ1) is 14.2. The van der Waals surface area contributed by atoms with Crippen molar-refractivity contribution in [1.29, 1.82) is 5.26 Å². The predicted octanol–water partition coefficient (Wildman–Crippen LogP) is 1.34. The molecule has 1 aliphatic rings. The molecular weight excluding hydrogens is 236 g/mol. The number of nitrogens with one attached hydrogen (secondary N) is 1. The van der Waals surface area contributed by atoms with Crippen LogP contribution in [0.25, 0.3) is 0 Å². The lowest BCUT2D eigenvalue weighted by Gasteiger charge is -2.30. The van der Waals surface area contributed by atoms with Crippen LogP contribution in [0.1, 0.15) is 39.0 Å². The minimum absolute atomic E-state index is 0.138. The fraction of sp³-hybridized carbons (Fsp3) is 0.833. The van der Waals surface area contributed by atoms with Gasteiger partial charge in [0.25, 0.3) is 0 Å². The Hall–Kier alpha value is -0.890. The van der Waals surface area contributed by atoms with Crippen molar-refractivity contribution in [2.24, 2.45) is 5.41 Å². The second-order valence-corrected chi connectivity index (χ2v) is 6.35. The van der Waals surface area contributed by atoms with E-state index in [0.717, 1.165) is 19.3 Å². The SMILES string of the molecule is CC(CS(C)=O)NC(=O)C1(C#N)CCCCC1. The maximum absolute atomic E-state index is 12.1. The molecular formula is C12H20N2O2S. The van der Waals surface area contributed by atoms with E-state index in [1.54, 1.807) is 6.26 Å². The van der Waals surface area contributed by atoms with Gasteiger partial charge in [-0.2, -0.15) is 5.26 Å². The molecule has 0 aromatic carbocycles. The van der Waals surface area contributed by atoms with Gasteiger partial charge in [0.05, 0.1) is 6.07 Å². The largest absolute Gasteiger partial charge is 0.351 e. The second-order valence-electron chi connectivity index (χ2n) is 4.87. The molecule has 0 aromatic heterocycles. The highest BCUT2D eigenvalue weighted by molar-refractivity contribution is 7.84. The molecule has 96 valence electrons. The zero-order valence-electron chi connectivity index (χ0n) is 10.5. The normalized spacial score (nSPS) is 22.2. The Morgan fingerprint density at radius 3 is 2.53 bits per heavy atom. The first-order chi connectivity index (χ1) is 8.00. The van der Waals surface area contributed by atoms with Gasteiger partial charge in [-0.15, -0.1) is 0 Å². The number of hydrogen-bond donors (Lipinski definition) is 1. The predicted molar refractivity (Wildman–Crippen MR) is 67.7 cm³/mol. The molecule has 4 nitrogen and oxygen atoms in total. The molecule has 1 amide bonds. The van der Waals surface area contributed by atoms with Gasteiger partial charge in [-0.25, -0.2) is 0 Å². The van der Waals surface area contributed by atoms with Crippen molar-refractivity contribution in [3.8, 4) is 6.07 Å². The summed E-state index contributed by atoms with van der Waals surface area (Å²) in [7, 11) is -0.930. The zero-order chi connectivity index (χ0) is 12.9. The van der Waals surface area contributed by atoms with Gasteiger partial charge < -0.3 is 5.32 Å². The van der Waals surface area contributed by atoms with Crippen LogP contribution in [0.3, 0.4) is 0 Å². The fourth-order valence-electron chi connectivity index (χ4n) is 2.30.